The van der Waals surface area contributed by atoms with Gasteiger partial charge in [-0.1, -0.05) is 13.8 Å². The van der Waals surface area contributed by atoms with E-state index in [2.05, 4.69) is 48.8 Å². The van der Waals surface area contributed by atoms with Crippen molar-refractivity contribution in [1.29, 1.82) is 0 Å². The normalized spacial score (nSPS) is 12.8. The molecule has 0 amide bonds. The third kappa shape index (κ3) is 3.45. The number of thiophene rings is 1. The summed E-state index contributed by atoms with van der Waals surface area (Å²) in [6, 6.07) is 2.47. The molecule has 2 heterocycles. The molecule has 0 spiro atoms. The summed E-state index contributed by atoms with van der Waals surface area (Å²) in [5.41, 5.74) is 2.63. The van der Waals surface area contributed by atoms with Gasteiger partial charge in [-0.15, -0.1) is 11.3 Å². The highest BCUT2D eigenvalue weighted by molar-refractivity contribution is 7.10. The maximum atomic E-state index is 4.46. The summed E-state index contributed by atoms with van der Waals surface area (Å²) in [4.78, 5) is 1.41. The highest BCUT2D eigenvalue weighted by Gasteiger charge is 2.18. The maximum absolute atomic E-state index is 4.46. The molecule has 0 fully saturated rings. The minimum absolute atomic E-state index is 0.283. The molecular weight excluding hydrogens is 254 g/mol. The summed E-state index contributed by atoms with van der Waals surface area (Å²) in [6.45, 7) is 8.58. The first-order chi connectivity index (χ1) is 9.26. The van der Waals surface area contributed by atoms with E-state index < -0.39 is 0 Å². The molecule has 0 saturated carbocycles. The highest BCUT2D eigenvalue weighted by Crippen LogP contribution is 2.29. The summed E-state index contributed by atoms with van der Waals surface area (Å²) in [7, 11) is 0. The fourth-order valence-electron chi connectivity index (χ4n) is 2.21. The van der Waals surface area contributed by atoms with Gasteiger partial charge in [0.05, 0.1) is 12.2 Å². The molecule has 0 aliphatic rings. The van der Waals surface area contributed by atoms with Gasteiger partial charge in [-0.05, 0) is 43.3 Å². The van der Waals surface area contributed by atoms with Crippen LogP contribution in [0.2, 0.25) is 0 Å². The first kappa shape index (κ1) is 14.3. The molecule has 2 aromatic rings. The quantitative estimate of drug-likeness (QED) is 0.835. The van der Waals surface area contributed by atoms with Gasteiger partial charge in [0.2, 0.25) is 0 Å². The predicted molar refractivity (Wildman–Crippen MR) is 81.7 cm³/mol. The van der Waals surface area contributed by atoms with Crippen molar-refractivity contribution in [3.05, 3.63) is 39.8 Å². The van der Waals surface area contributed by atoms with Crippen molar-refractivity contribution in [2.75, 3.05) is 6.54 Å². The number of nitrogens with one attached hydrogen (secondary N) is 1. The van der Waals surface area contributed by atoms with Crippen LogP contribution in [0.1, 0.15) is 48.7 Å². The minimum atomic E-state index is 0.283. The van der Waals surface area contributed by atoms with Gasteiger partial charge in [-0.2, -0.15) is 5.10 Å². The zero-order valence-corrected chi connectivity index (χ0v) is 12.8. The van der Waals surface area contributed by atoms with Gasteiger partial charge in [0.15, 0.2) is 0 Å². The van der Waals surface area contributed by atoms with E-state index in [0.717, 1.165) is 25.9 Å². The van der Waals surface area contributed by atoms with Gasteiger partial charge < -0.3 is 5.32 Å². The highest BCUT2D eigenvalue weighted by atomic mass is 32.1. The standard InChI is InChI=1S/C15H23N3S/c1-4-7-16-14(15-12(3)6-9-19-15)13-10-17-18(11-13)8-5-2/h6,9-11,14,16H,4-5,7-8H2,1-3H3. The molecule has 4 heteroatoms. The van der Waals surface area contributed by atoms with Crippen LogP contribution in [-0.4, -0.2) is 16.3 Å². The smallest absolute Gasteiger partial charge is 0.0704 e. The van der Waals surface area contributed by atoms with Gasteiger partial charge in [-0.3, -0.25) is 4.68 Å². The van der Waals surface area contributed by atoms with E-state index in [0.29, 0.717) is 0 Å². The summed E-state index contributed by atoms with van der Waals surface area (Å²) >= 11 is 1.83. The Morgan fingerprint density at radius 1 is 1.37 bits per heavy atom. The Bertz CT molecular complexity index is 501. The van der Waals surface area contributed by atoms with E-state index in [1.165, 1.54) is 16.0 Å². The van der Waals surface area contributed by atoms with Gasteiger partial charge in [0.1, 0.15) is 0 Å². The lowest BCUT2D eigenvalue weighted by Crippen LogP contribution is -2.22. The van der Waals surface area contributed by atoms with Crippen LogP contribution in [0.15, 0.2) is 23.8 Å². The molecule has 1 N–H and O–H groups in total. The third-order valence-corrected chi connectivity index (χ3v) is 4.29. The topological polar surface area (TPSA) is 29.9 Å². The van der Waals surface area contributed by atoms with Crippen molar-refractivity contribution >= 4 is 11.3 Å². The average Bonchev–Trinajstić information content (AvgIpc) is 3.01. The van der Waals surface area contributed by atoms with Crippen LogP contribution in [-0.2, 0) is 6.54 Å². The maximum Gasteiger partial charge on any atom is 0.0704 e. The van der Waals surface area contributed by atoms with Crippen molar-refractivity contribution in [2.24, 2.45) is 0 Å². The number of aryl methyl sites for hydroxylation is 2. The lowest BCUT2D eigenvalue weighted by molar-refractivity contribution is 0.591. The predicted octanol–water partition coefficient (Wildman–Crippen LogP) is 3.75. The molecular formula is C15H23N3S. The van der Waals surface area contributed by atoms with E-state index in [1.807, 2.05) is 22.2 Å². The first-order valence-electron chi connectivity index (χ1n) is 7.06. The SMILES string of the molecule is CCCNC(c1cnn(CCC)c1)c1sccc1C. The Balaban J connectivity index is 2.23. The second kappa shape index (κ2) is 6.87. The summed E-state index contributed by atoms with van der Waals surface area (Å²) in [5, 5.41) is 10.3. The number of rotatable bonds is 7. The van der Waals surface area contributed by atoms with Gasteiger partial charge >= 0.3 is 0 Å². The zero-order chi connectivity index (χ0) is 13.7. The van der Waals surface area contributed by atoms with Crippen molar-refractivity contribution < 1.29 is 0 Å². The van der Waals surface area contributed by atoms with Crippen LogP contribution in [0.4, 0.5) is 0 Å². The van der Waals surface area contributed by atoms with Crippen LogP contribution in [0.25, 0.3) is 0 Å². The molecule has 1 atom stereocenters. The Morgan fingerprint density at radius 3 is 2.84 bits per heavy atom. The molecule has 2 aromatic heterocycles. The lowest BCUT2D eigenvalue weighted by atomic mass is 10.1. The Hall–Kier alpha value is -1.13. The van der Waals surface area contributed by atoms with E-state index in [9.17, 15) is 0 Å². The van der Waals surface area contributed by atoms with E-state index >= 15 is 0 Å². The van der Waals surface area contributed by atoms with Crippen molar-refractivity contribution in [2.45, 2.75) is 46.2 Å². The Labute approximate surface area is 119 Å². The van der Waals surface area contributed by atoms with Crippen LogP contribution >= 0.6 is 11.3 Å². The molecule has 0 aliphatic carbocycles. The van der Waals surface area contributed by atoms with Gasteiger partial charge in [-0.25, -0.2) is 0 Å². The lowest BCUT2D eigenvalue weighted by Gasteiger charge is -2.16. The molecule has 2 rings (SSSR count). The van der Waals surface area contributed by atoms with Gasteiger partial charge in [0, 0.05) is 23.2 Å². The molecule has 0 saturated heterocycles. The summed E-state index contributed by atoms with van der Waals surface area (Å²) in [5.74, 6) is 0. The van der Waals surface area contributed by atoms with Crippen LogP contribution in [0.5, 0.6) is 0 Å². The average molecular weight is 277 g/mol. The van der Waals surface area contributed by atoms with Crippen molar-refractivity contribution in [3.63, 3.8) is 0 Å². The van der Waals surface area contributed by atoms with E-state index in [1.54, 1.807) is 0 Å². The summed E-state index contributed by atoms with van der Waals surface area (Å²) in [6.07, 6.45) is 6.44. The van der Waals surface area contributed by atoms with Crippen molar-refractivity contribution in [1.82, 2.24) is 15.1 Å². The van der Waals surface area contributed by atoms with Crippen LogP contribution < -0.4 is 5.32 Å². The van der Waals surface area contributed by atoms with Crippen molar-refractivity contribution in [3.8, 4) is 0 Å². The second-order valence-corrected chi connectivity index (χ2v) is 5.84. The summed E-state index contributed by atoms with van der Waals surface area (Å²) < 4.78 is 2.04. The van der Waals surface area contributed by atoms with E-state index in [4.69, 9.17) is 0 Å². The largest absolute Gasteiger partial charge is 0.305 e. The molecule has 0 aromatic carbocycles. The monoisotopic (exact) mass is 277 g/mol. The molecule has 3 nitrogen and oxygen atoms in total. The fraction of sp³-hybridized carbons (Fsp3) is 0.533. The molecule has 0 aliphatic heterocycles. The Kier molecular flexibility index (Phi) is 5.16. The fourth-order valence-corrected chi connectivity index (χ4v) is 3.24. The number of hydrogen-bond acceptors (Lipinski definition) is 3. The molecule has 0 bridgehead atoms. The molecule has 19 heavy (non-hydrogen) atoms. The third-order valence-electron chi connectivity index (χ3n) is 3.20. The molecule has 1 unspecified atom stereocenters. The number of hydrogen-bond donors (Lipinski definition) is 1. The van der Waals surface area contributed by atoms with Crippen LogP contribution in [0, 0.1) is 6.92 Å². The minimum Gasteiger partial charge on any atom is -0.305 e. The first-order valence-corrected chi connectivity index (χ1v) is 7.94. The second-order valence-electron chi connectivity index (χ2n) is 4.89. The number of aromatic nitrogens is 2. The number of nitrogens with zero attached hydrogens (tertiary/aromatic N) is 2. The van der Waals surface area contributed by atoms with E-state index in [-0.39, 0.29) is 6.04 Å². The van der Waals surface area contributed by atoms with Crippen LogP contribution in [0.3, 0.4) is 0 Å². The molecule has 0 radical (unpaired) electrons. The Morgan fingerprint density at radius 2 is 2.21 bits per heavy atom. The molecule has 104 valence electrons. The zero-order valence-electron chi connectivity index (χ0n) is 12.0. The van der Waals surface area contributed by atoms with Gasteiger partial charge in [0.25, 0.3) is 0 Å².